The van der Waals surface area contributed by atoms with Crippen molar-refractivity contribution >= 4 is 0 Å². The molecule has 0 aliphatic heterocycles. The standard InChI is InChI=1S/C22H26O3/c1-16(2)17(3)25-22-12-10-21(11-13-22)20-8-6-18(7-9-20)4-5-19(14-23)15-24/h6-13,19,23-24H,1,3-5,14-15H2,2H3. The third kappa shape index (κ3) is 5.59. The zero-order valence-electron chi connectivity index (χ0n) is 14.7. The second-order valence-electron chi connectivity index (χ2n) is 6.30. The van der Waals surface area contributed by atoms with Crippen molar-refractivity contribution in [2.24, 2.45) is 5.92 Å². The molecule has 3 heteroatoms. The number of allylic oxidation sites excluding steroid dienone is 1. The molecular formula is C22H26O3. The average molecular weight is 338 g/mol. The van der Waals surface area contributed by atoms with E-state index in [0.29, 0.717) is 5.76 Å². The van der Waals surface area contributed by atoms with Crippen LogP contribution in [-0.2, 0) is 6.42 Å². The van der Waals surface area contributed by atoms with E-state index in [2.05, 4.69) is 37.4 Å². The highest BCUT2D eigenvalue weighted by molar-refractivity contribution is 5.64. The summed E-state index contributed by atoms with van der Waals surface area (Å²) in [5.74, 6) is 1.27. The van der Waals surface area contributed by atoms with Crippen LogP contribution < -0.4 is 4.74 Å². The van der Waals surface area contributed by atoms with Crippen LogP contribution >= 0.6 is 0 Å². The molecule has 2 N–H and O–H groups in total. The number of hydrogen-bond donors (Lipinski definition) is 2. The maximum absolute atomic E-state index is 9.12. The van der Waals surface area contributed by atoms with Gasteiger partial charge in [-0.1, -0.05) is 49.6 Å². The highest BCUT2D eigenvalue weighted by atomic mass is 16.5. The molecule has 0 fully saturated rings. The largest absolute Gasteiger partial charge is 0.458 e. The highest BCUT2D eigenvalue weighted by Crippen LogP contribution is 2.24. The zero-order valence-corrected chi connectivity index (χ0v) is 14.7. The van der Waals surface area contributed by atoms with Crippen molar-refractivity contribution in [3.63, 3.8) is 0 Å². The third-order valence-electron chi connectivity index (χ3n) is 4.22. The van der Waals surface area contributed by atoms with Crippen LogP contribution in [0.2, 0.25) is 0 Å². The van der Waals surface area contributed by atoms with E-state index in [1.54, 1.807) is 0 Å². The van der Waals surface area contributed by atoms with E-state index >= 15 is 0 Å². The number of aliphatic hydroxyl groups excluding tert-OH is 2. The Bertz CT molecular complexity index is 695. The lowest BCUT2D eigenvalue weighted by Crippen LogP contribution is -2.11. The molecule has 25 heavy (non-hydrogen) atoms. The fraction of sp³-hybridized carbons (Fsp3) is 0.273. The molecule has 0 spiro atoms. The number of hydrogen-bond acceptors (Lipinski definition) is 3. The Kier molecular flexibility index (Phi) is 6.99. The van der Waals surface area contributed by atoms with Gasteiger partial charge in [-0.25, -0.2) is 0 Å². The van der Waals surface area contributed by atoms with Crippen LogP contribution in [0.5, 0.6) is 5.75 Å². The van der Waals surface area contributed by atoms with Crippen LogP contribution in [0.25, 0.3) is 11.1 Å². The van der Waals surface area contributed by atoms with Gasteiger partial charge >= 0.3 is 0 Å². The summed E-state index contributed by atoms with van der Waals surface area (Å²) >= 11 is 0. The first-order chi connectivity index (χ1) is 12.0. The molecule has 0 aliphatic carbocycles. The SMILES string of the molecule is C=C(C)C(=C)Oc1ccc(-c2ccc(CCC(CO)CO)cc2)cc1. The zero-order chi connectivity index (χ0) is 18.2. The minimum absolute atomic E-state index is 0.0286. The van der Waals surface area contributed by atoms with E-state index < -0.39 is 0 Å². The smallest absolute Gasteiger partial charge is 0.127 e. The lowest BCUT2D eigenvalue weighted by Gasteiger charge is -2.11. The molecule has 0 saturated carbocycles. The maximum Gasteiger partial charge on any atom is 0.127 e. The first-order valence-electron chi connectivity index (χ1n) is 8.47. The molecule has 0 radical (unpaired) electrons. The van der Waals surface area contributed by atoms with Crippen molar-refractivity contribution in [2.45, 2.75) is 19.8 Å². The molecule has 132 valence electrons. The maximum atomic E-state index is 9.12. The predicted molar refractivity (Wildman–Crippen MR) is 102 cm³/mol. The molecule has 0 aliphatic rings. The van der Waals surface area contributed by atoms with Crippen LogP contribution in [0, 0.1) is 5.92 Å². The van der Waals surface area contributed by atoms with E-state index in [-0.39, 0.29) is 19.1 Å². The number of rotatable bonds is 9. The minimum atomic E-state index is -0.0406. The number of ether oxygens (including phenoxy) is 1. The molecule has 0 saturated heterocycles. The summed E-state index contributed by atoms with van der Waals surface area (Å²) in [5, 5.41) is 18.2. The molecule has 0 atom stereocenters. The average Bonchev–Trinajstić information content (AvgIpc) is 2.63. The summed E-state index contributed by atoms with van der Waals surface area (Å²) in [6, 6.07) is 16.2. The van der Waals surface area contributed by atoms with Crippen LogP contribution in [0.15, 0.2) is 73.0 Å². The van der Waals surface area contributed by atoms with Crippen LogP contribution in [0.4, 0.5) is 0 Å². The highest BCUT2D eigenvalue weighted by Gasteiger charge is 2.06. The molecular weight excluding hydrogens is 312 g/mol. The second kappa shape index (κ2) is 9.21. The van der Waals surface area contributed by atoms with Crippen molar-refractivity contribution in [1.82, 2.24) is 0 Å². The van der Waals surface area contributed by atoms with Gasteiger partial charge in [0.2, 0.25) is 0 Å². The van der Waals surface area contributed by atoms with Gasteiger partial charge in [-0.05, 0) is 54.2 Å². The molecule has 0 bridgehead atoms. The van der Waals surface area contributed by atoms with Gasteiger partial charge in [0.25, 0.3) is 0 Å². The summed E-state index contributed by atoms with van der Waals surface area (Å²) in [6.45, 7) is 9.56. The second-order valence-corrected chi connectivity index (χ2v) is 6.30. The topological polar surface area (TPSA) is 49.7 Å². The number of benzene rings is 2. The predicted octanol–water partition coefficient (Wildman–Crippen LogP) is 4.36. The van der Waals surface area contributed by atoms with Gasteiger partial charge in [0.05, 0.1) is 0 Å². The summed E-state index contributed by atoms with van der Waals surface area (Å²) in [7, 11) is 0. The van der Waals surface area contributed by atoms with E-state index in [4.69, 9.17) is 14.9 Å². The summed E-state index contributed by atoms with van der Waals surface area (Å²) < 4.78 is 5.63. The van der Waals surface area contributed by atoms with Crippen molar-refractivity contribution in [2.75, 3.05) is 13.2 Å². The molecule has 2 aromatic carbocycles. The van der Waals surface area contributed by atoms with E-state index in [1.807, 2.05) is 31.2 Å². The normalized spacial score (nSPS) is 10.7. The molecule has 0 heterocycles. The van der Waals surface area contributed by atoms with Crippen LogP contribution in [0.1, 0.15) is 18.9 Å². The Morgan fingerprint density at radius 1 is 0.920 bits per heavy atom. The lowest BCUT2D eigenvalue weighted by atomic mass is 9.98. The van der Waals surface area contributed by atoms with Crippen molar-refractivity contribution in [1.29, 1.82) is 0 Å². The fourth-order valence-electron chi connectivity index (χ4n) is 2.42. The van der Waals surface area contributed by atoms with Gasteiger partial charge in [-0.15, -0.1) is 0 Å². The Labute approximate surface area is 149 Å². The third-order valence-corrected chi connectivity index (χ3v) is 4.22. The first kappa shape index (κ1) is 19.0. The molecule has 2 aromatic rings. The van der Waals surface area contributed by atoms with Crippen LogP contribution in [0.3, 0.4) is 0 Å². The Balaban J connectivity index is 1.99. The Morgan fingerprint density at radius 2 is 1.44 bits per heavy atom. The van der Waals surface area contributed by atoms with E-state index in [0.717, 1.165) is 35.3 Å². The van der Waals surface area contributed by atoms with Crippen molar-refractivity contribution in [3.8, 4) is 16.9 Å². The van der Waals surface area contributed by atoms with Gasteiger partial charge in [-0.3, -0.25) is 0 Å². The van der Waals surface area contributed by atoms with E-state index in [9.17, 15) is 0 Å². The monoisotopic (exact) mass is 338 g/mol. The molecule has 0 aromatic heterocycles. The van der Waals surface area contributed by atoms with Crippen molar-refractivity contribution in [3.05, 3.63) is 78.6 Å². The Morgan fingerprint density at radius 3 is 1.92 bits per heavy atom. The number of aryl methyl sites for hydroxylation is 1. The van der Waals surface area contributed by atoms with Gasteiger partial charge in [0, 0.05) is 19.1 Å². The lowest BCUT2D eigenvalue weighted by molar-refractivity contribution is 0.144. The molecule has 0 amide bonds. The fourth-order valence-corrected chi connectivity index (χ4v) is 2.42. The first-order valence-corrected chi connectivity index (χ1v) is 8.47. The number of aliphatic hydroxyl groups is 2. The Hall–Kier alpha value is -2.36. The van der Waals surface area contributed by atoms with Gasteiger partial charge in [0.1, 0.15) is 11.5 Å². The molecule has 0 unspecified atom stereocenters. The molecule has 2 rings (SSSR count). The summed E-state index contributed by atoms with van der Waals surface area (Å²) in [6.07, 6.45) is 1.63. The quantitative estimate of drug-likeness (QED) is 0.528. The minimum Gasteiger partial charge on any atom is -0.458 e. The van der Waals surface area contributed by atoms with Gasteiger partial charge in [-0.2, -0.15) is 0 Å². The molecule has 3 nitrogen and oxygen atoms in total. The van der Waals surface area contributed by atoms with Crippen molar-refractivity contribution < 1.29 is 14.9 Å². The van der Waals surface area contributed by atoms with Gasteiger partial charge < -0.3 is 14.9 Å². The van der Waals surface area contributed by atoms with Crippen LogP contribution in [-0.4, -0.2) is 23.4 Å². The summed E-state index contributed by atoms with van der Waals surface area (Å²) in [5.41, 5.74) is 4.26. The summed E-state index contributed by atoms with van der Waals surface area (Å²) in [4.78, 5) is 0. The van der Waals surface area contributed by atoms with E-state index in [1.165, 1.54) is 5.56 Å². The van der Waals surface area contributed by atoms with Gasteiger partial charge in [0.15, 0.2) is 0 Å².